The summed E-state index contributed by atoms with van der Waals surface area (Å²) in [6.45, 7) is 5.63. The van der Waals surface area contributed by atoms with E-state index in [0.717, 1.165) is 23.1 Å². The van der Waals surface area contributed by atoms with E-state index in [2.05, 4.69) is 28.0 Å². The Morgan fingerprint density at radius 1 is 1.56 bits per heavy atom. The third kappa shape index (κ3) is 2.36. The zero-order valence-corrected chi connectivity index (χ0v) is 12.7. The van der Waals surface area contributed by atoms with Gasteiger partial charge in [0.25, 0.3) is 0 Å². The second-order valence-electron chi connectivity index (χ2n) is 5.34. The maximum atomic E-state index is 9.78. The molecule has 1 fully saturated rings. The molecule has 1 aliphatic rings. The summed E-state index contributed by atoms with van der Waals surface area (Å²) >= 11 is 3.62. The van der Waals surface area contributed by atoms with E-state index in [1.165, 1.54) is 18.5 Å². The molecule has 1 aromatic heterocycles. The Hall–Kier alpha value is -0.390. The number of nitrogens with two attached hydrogens (primary N) is 1. The van der Waals surface area contributed by atoms with Crippen molar-refractivity contribution < 1.29 is 5.11 Å². The summed E-state index contributed by atoms with van der Waals surface area (Å²) in [6.07, 6.45) is 3.18. The van der Waals surface area contributed by atoms with Gasteiger partial charge in [-0.25, -0.2) is 0 Å². The largest absolute Gasteiger partial charge is 0.396 e. The molecule has 1 aliphatic carbocycles. The highest BCUT2D eigenvalue weighted by Gasteiger charge is 2.44. The average molecular weight is 316 g/mol. The Balaban J connectivity index is 2.31. The highest BCUT2D eigenvalue weighted by atomic mass is 79.9. The lowest BCUT2D eigenvalue weighted by atomic mass is 9.79. The minimum Gasteiger partial charge on any atom is -0.396 e. The van der Waals surface area contributed by atoms with Crippen LogP contribution in [0.2, 0.25) is 0 Å². The van der Waals surface area contributed by atoms with E-state index in [1.54, 1.807) is 0 Å². The van der Waals surface area contributed by atoms with Gasteiger partial charge in [0.15, 0.2) is 0 Å². The predicted octanol–water partition coefficient (Wildman–Crippen LogP) is 1.86. The van der Waals surface area contributed by atoms with Crippen LogP contribution in [0.4, 0.5) is 0 Å². The van der Waals surface area contributed by atoms with Crippen LogP contribution in [-0.2, 0) is 13.0 Å². The van der Waals surface area contributed by atoms with E-state index >= 15 is 0 Å². The summed E-state index contributed by atoms with van der Waals surface area (Å²) in [7, 11) is 0. The SMILES string of the molecule is CCn1nc(C)c(Br)c1CC(CN)(CO)C1CC1. The molecule has 18 heavy (non-hydrogen) atoms. The number of nitrogens with zero attached hydrogens (tertiary/aromatic N) is 2. The molecular formula is C13H22BrN3O. The fourth-order valence-electron chi connectivity index (χ4n) is 2.70. The fraction of sp³-hybridized carbons (Fsp3) is 0.769. The standard InChI is InChI=1S/C13H22BrN3O/c1-3-17-11(12(14)9(2)16-17)6-13(7-15,8-18)10-4-5-10/h10,18H,3-8,15H2,1-2H3. The molecule has 0 radical (unpaired) electrons. The van der Waals surface area contributed by atoms with Crippen molar-refractivity contribution in [2.45, 2.75) is 39.7 Å². The molecule has 0 saturated heterocycles. The zero-order chi connectivity index (χ0) is 13.3. The smallest absolute Gasteiger partial charge is 0.0738 e. The second kappa shape index (κ2) is 5.31. The third-order valence-corrected chi connectivity index (χ3v) is 5.17. The van der Waals surface area contributed by atoms with Crippen LogP contribution in [-0.4, -0.2) is 28.0 Å². The molecule has 1 unspecified atom stereocenters. The number of aromatic nitrogens is 2. The van der Waals surface area contributed by atoms with Gasteiger partial charge >= 0.3 is 0 Å². The minimum absolute atomic E-state index is 0.161. The molecule has 0 spiro atoms. The third-order valence-electron chi connectivity index (χ3n) is 4.14. The molecule has 5 heteroatoms. The molecular weight excluding hydrogens is 294 g/mol. The number of rotatable bonds is 6. The maximum Gasteiger partial charge on any atom is 0.0738 e. The van der Waals surface area contributed by atoms with Crippen LogP contribution in [0.25, 0.3) is 0 Å². The van der Waals surface area contributed by atoms with Gasteiger partial charge in [-0.15, -0.1) is 0 Å². The number of hydrogen-bond acceptors (Lipinski definition) is 3. The van der Waals surface area contributed by atoms with Crippen LogP contribution in [0.3, 0.4) is 0 Å². The molecule has 102 valence electrons. The molecule has 0 amide bonds. The van der Waals surface area contributed by atoms with Crippen molar-refractivity contribution in [1.29, 1.82) is 0 Å². The summed E-state index contributed by atoms with van der Waals surface area (Å²) in [4.78, 5) is 0. The number of aliphatic hydroxyl groups excluding tert-OH is 1. The molecule has 1 aromatic rings. The first kappa shape index (κ1) is 14.0. The number of aliphatic hydroxyl groups is 1. The molecule has 3 N–H and O–H groups in total. The van der Waals surface area contributed by atoms with Gasteiger partial charge in [-0.3, -0.25) is 4.68 Å². The number of hydrogen-bond donors (Lipinski definition) is 2. The predicted molar refractivity (Wildman–Crippen MR) is 75.3 cm³/mol. The first-order valence-electron chi connectivity index (χ1n) is 6.60. The van der Waals surface area contributed by atoms with Crippen LogP contribution in [0, 0.1) is 18.3 Å². The highest BCUT2D eigenvalue weighted by molar-refractivity contribution is 9.10. The summed E-state index contributed by atoms with van der Waals surface area (Å²) in [5.41, 5.74) is 7.96. The second-order valence-corrected chi connectivity index (χ2v) is 6.13. The van der Waals surface area contributed by atoms with Crippen molar-refractivity contribution >= 4 is 15.9 Å². The van der Waals surface area contributed by atoms with Gasteiger partial charge in [-0.1, -0.05) is 0 Å². The van der Waals surface area contributed by atoms with E-state index in [-0.39, 0.29) is 12.0 Å². The summed E-state index contributed by atoms with van der Waals surface area (Å²) in [6, 6.07) is 0. The van der Waals surface area contributed by atoms with Crippen molar-refractivity contribution in [3.63, 3.8) is 0 Å². The lowest BCUT2D eigenvalue weighted by Crippen LogP contribution is -2.39. The van der Waals surface area contributed by atoms with Crippen LogP contribution in [0.1, 0.15) is 31.2 Å². The van der Waals surface area contributed by atoms with Gasteiger partial charge in [-0.2, -0.15) is 5.10 Å². The summed E-state index contributed by atoms with van der Waals surface area (Å²) in [5, 5.41) is 14.3. The zero-order valence-electron chi connectivity index (χ0n) is 11.1. The van der Waals surface area contributed by atoms with Crippen molar-refractivity contribution in [2.24, 2.45) is 17.1 Å². The lowest BCUT2D eigenvalue weighted by Gasteiger charge is -2.31. The van der Waals surface area contributed by atoms with Crippen molar-refractivity contribution in [3.8, 4) is 0 Å². The van der Waals surface area contributed by atoms with Crippen LogP contribution in [0.5, 0.6) is 0 Å². The van der Waals surface area contributed by atoms with Gasteiger partial charge in [0.1, 0.15) is 0 Å². The quantitative estimate of drug-likeness (QED) is 0.842. The van der Waals surface area contributed by atoms with Gasteiger partial charge in [0.05, 0.1) is 22.5 Å². The van der Waals surface area contributed by atoms with E-state index < -0.39 is 0 Å². The number of halogens is 1. The van der Waals surface area contributed by atoms with Crippen LogP contribution < -0.4 is 5.73 Å². The lowest BCUT2D eigenvalue weighted by molar-refractivity contribution is 0.106. The van der Waals surface area contributed by atoms with Crippen molar-refractivity contribution in [3.05, 3.63) is 15.9 Å². The molecule has 1 saturated carbocycles. The Bertz CT molecular complexity index is 422. The molecule has 0 aromatic carbocycles. The number of aryl methyl sites for hydroxylation is 2. The van der Waals surface area contributed by atoms with E-state index in [1.807, 2.05) is 11.6 Å². The Labute approximate surface area is 117 Å². The molecule has 4 nitrogen and oxygen atoms in total. The van der Waals surface area contributed by atoms with Crippen LogP contribution in [0.15, 0.2) is 4.47 Å². The topological polar surface area (TPSA) is 64.1 Å². The van der Waals surface area contributed by atoms with E-state index in [0.29, 0.717) is 12.5 Å². The Morgan fingerprint density at radius 2 is 2.22 bits per heavy atom. The van der Waals surface area contributed by atoms with E-state index in [4.69, 9.17) is 5.73 Å². The highest BCUT2D eigenvalue weighted by Crippen LogP contribution is 2.47. The van der Waals surface area contributed by atoms with Gasteiger partial charge < -0.3 is 10.8 Å². The Morgan fingerprint density at radius 3 is 2.67 bits per heavy atom. The minimum atomic E-state index is -0.165. The Kier molecular flexibility index (Phi) is 4.14. The molecule has 0 aliphatic heterocycles. The summed E-state index contributed by atoms with van der Waals surface area (Å²) < 4.78 is 3.08. The van der Waals surface area contributed by atoms with E-state index in [9.17, 15) is 5.11 Å². The molecule has 2 rings (SSSR count). The van der Waals surface area contributed by atoms with Crippen molar-refractivity contribution in [2.75, 3.05) is 13.2 Å². The van der Waals surface area contributed by atoms with Crippen molar-refractivity contribution in [1.82, 2.24) is 9.78 Å². The first-order valence-corrected chi connectivity index (χ1v) is 7.40. The monoisotopic (exact) mass is 315 g/mol. The van der Waals surface area contributed by atoms with Gasteiger partial charge in [0, 0.05) is 18.5 Å². The maximum absolute atomic E-state index is 9.78. The summed E-state index contributed by atoms with van der Waals surface area (Å²) in [5.74, 6) is 0.569. The normalized spacial score (nSPS) is 18.9. The average Bonchev–Trinajstić information content (AvgIpc) is 3.19. The van der Waals surface area contributed by atoms with Gasteiger partial charge in [0.2, 0.25) is 0 Å². The van der Waals surface area contributed by atoms with Gasteiger partial charge in [-0.05, 0) is 55.0 Å². The fourth-order valence-corrected chi connectivity index (χ4v) is 3.12. The molecule has 0 bridgehead atoms. The molecule has 1 heterocycles. The molecule has 1 atom stereocenters. The van der Waals surface area contributed by atoms with Crippen LogP contribution >= 0.6 is 15.9 Å². The first-order chi connectivity index (χ1) is 8.57.